The summed E-state index contributed by atoms with van der Waals surface area (Å²) >= 11 is 2.43. The number of para-hydroxylation sites is 2. The van der Waals surface area contributed by atoms with Gasteiger partial charge in [0.2, 0.25) is 0 Å². The van der Waals surface area contributed by atoms with E-state index < -0.39 is 0 Å². The van der Waals surface area contributed by atoms with Gasteiger partial charge >= 0.3 is 0 Å². The van der Waals surface area contributed by atoms with Crippen LogP contribution in [0, 0.1) is 3.57 Å². The Morgan fingerprint density at radius 1 is 0.600 bits per heavy atom. The van der Waals surface area contributed by atoms with E-state index in [2.05, 4.69) is 100.0 Å². The first-order chi connectivity index (χ1) is 14.8. The average Bonchev–Trinajstić information content (AvgIpc) is 3.14. The zero-order valence-electron chi connectivity index (χ0n) is 16.0. The van der Waals surface area contributed by atoms with Crippen molar-refractivity contribution in [2.24, 2.45) is 0 Å². The number of nitrogens with zero attached hydrogens (tertiary/aromatic N) is 3. The molecule has 0 spiro atoms. The second kappa shape index (κ2) is 6.92. The molecule has 0 N–H and O–H groups in total. The molecule has 0 bridgehead atoms. The Morgan fingerprint density at radius 2 is 1.30 bits per heavy atom. The van der Waals surface area contributed by atoms with Crippen LogP contribution in [0.2, 0.25) is 0 Å². The lowest BCUT2D eigenvalue weighted by Gasteiger charge is -2.12. The average molecular weight is 497 g/mol. The van der Waals surface area contributed by atoms with Crippen LogP contribution in [0.3, 0.4) is 0 Å². The lowest BCUT2D eigenvalue weighted by atomic mass is 10.2. The fourth-order valence-electron chi connectivity index (χ4n) is 4.15. The molecule has 30 heavy (non-hydrogen) atoms. The summed E-state index contributed by atoms with van der Waals surface area (Å²) in [6.07, 6.45) is 0. The number of benzene rings is 4. The molecule has 2 heterocycles. The molecule has 0 aliphatic rings. The van der Waals surface area contributed by atoms with Crippen molar-refractivity contribution in [2.75, 3.05) is 0 Å². The third-order valence-electron chi connectivity index (χ3n) is 5.47. The lowest BCUT2D eigenvalue weighted by Crippen LogP contribution is -2.02. The van der Waals surface area contributed by atoms with Gasteiger partial charge in [0.1, 0.15) is 5.82 Å². The van der Waals surface area contributed by atoms with E-state index in [1.165, 1.54) is 14.3 Å². The number of rotatable bonds is 2. The van der Waals surface area contributed by atoms with Gasteiger partial charge in [0.05, 0.1) is 16.6 Å². The number of aromatic nitrogens is 3. The Hall–Kier alpha value is -3.25. The highest BCUT2D eigenvalue weighted by Gasteiger charge is 2.18. The van der Waals surface area contributed by atoms with Crippen LogP contribution in [0.1, 0.15) is 0 Å². The fraction of sp³-hybridized carbons (Fsp3) is 0. The van der Waals surface area contributed by atoms with E-state index >= 15 is 0 Å². The highest BCUT2D eigenvalue weighted by molar-refractivity contribution is 14.1. The molecule has 0 aliphatic heterocycles. The molecule has 0 fully saturated rings. The van der Waals surface area contributed by atoms with E-state index in [0.717, 1.165) is 39.1 Å². The van der Waals surface area contributed by atoms with Crippen molar-refractivity contribution in [3.63, 3.8) is 0 Å². The Morgan fingerprint density at radius 3 is 2.17 bits per heavy atom. The van der Waals surface area contributed by atoms with Crippen LogP contribution in [0.5, 0.6) is 0 Å². The van der Waals surface area contributed by atoms with Crippen LogP contribution < -0.4 is 0 Å². The Bertz CT molecular complexity index is 1550. The molecule has 0 unspecified atom stereocenters. The molecular formula is C26H16IN3. The monoisotopic (exact) mass is 497 g/mol. The van der Waals surface area contributed by atoms with E-state index in [9.17, 15) is 0 Å². The topological polar surface area (TPSA) is 30.7 Å². The summed E-state index contributed by atoms with van der Waals surface area (Å²) in [6.45, 7) is 0. The van der Waals surface area contributed by atoms with Crippen LogP contribution in [0.25, 0.3) is 49.9 Å². The van der Waals surface area contributed by atoms with Crippen molar-refractivity contribution >= 4 is 55.3 Å². The van der Waals surface area contributed by atoms with Crippen molar-refractivity contribution in [1.29, 1.82) is 0 Å². The molecule has 0 amide bonds. The first kappa shape index (κ1) is 17.6. The molecule has 4 aromatic carbocycles. The molecule has 3 nitrogen and oxygen atoms in total. The SMILES string of the molecule is Ic1cccc2c1c1ccccc1n2-c1nc(-c2ccccc2)nc2ccccc12. The van der Waals surface area contributed by atoms with Gasteiger partial charge in [-0.2, -0.15) is 0 Å². The van der Waals surface area contributed by atoms with Crippen LogP contribution in [-0.4, -0.2) is 14.5 Å². The minimum absolute atomic E-state index is 0.737. The molecule has 0 saturated heterocycles. The largest absolute Gasteiger partial charge is 0.293 e. The minimum Gasteiger partial charge on any atom is -0.293 e. The quantitative estimate of drug-likeness (QED) is 0.241. The second-order valence-corrected chi connectivity index (χ2v) is 8.40. The van der Waals surface area contributed by atoms with Gasteiger partial charge in [-0.25, -0.2) is 9.97 Å². The van der Waals surface area contributed by atoms with E-state index in [1.54, 1.807) is 0 Å². The lowest BCUT2D eigenvalue weighted by molar-refractivity contribution is 1.07. The molecule has 0 aliphatic carbocycles. The normalized spacial score (nSPS) is 11.5. The summed E-state index contributed by atoms with van der Waals surface area (Å²) in [6, 6.07) is 33.4. The Kier molecular flexibility index (Phi) is 4.06. The first-order valence-corrected chi connectivity index (χ1v) is 10.9. The summed E-state index contributed by atoms with van der Waals surface area (Å²) in [5, 5.41) is 3.54. The van der Waals surface area contributed by atoms with Crippen LogP contribution >= 0.6 is 22.6 Å². The van der Waals surface area contributed by atoms with E-state index in [0.29, 0.717) is 0 Å². The second-order valence-electron chi connectivity index (χ2n) is 7.24. The maximum absolute atomic E-state index is 5.09. The van der Waals surface area contributed by atoms with E-state index in [1.807, 2.05) is 24.3 Å². The molecule has 0 radical (unpaired) electrons. The van der Waals surface area contributed by atoms with Crippen molar-refractivity contribution in [2.45, 2.75) is 0 Å². The summed E-state index contributed by atoms with van der Waals surface area (Å²) in [5.41, 5.74) is 4.27. The van der Waals surface area contributed by atoms with E-state index in [-0.39, 0.29) is 0 Å². The maximum atomic E-state index is 5.09. The van der Waals surface area contributed by atoms with E-state index in [4.69, 9.17) is 9.97 Å². The third-order valence-corrected chi connectivity index (χ3v) is 6.37. The number of halogens is 1. The molecule has 4 heteroatoms. The molecule has 6 rings (SSSR count). The van der Waals surface area contributed by atoms with Gasteiger partial charge in [-0.05, 0) is 52.9 Å². The van der Waals surface area contributed by atoms with Gasteiger partial charge in [-0.1, -0.05) is 66.7 Å². The Balaban J connectivity index is 1.80. The van der Waals surface area contributed by atoms with Gasteiger partial charge in [-0.15, -0.1) is 0 Å². The number of fused-ring (bicyclic) bond motifs is 4. The smallest absolute Gasteiger partial charge is 0.162 e. The van der Waals surface area contributed by atoms with Crippen molar-refractivity contribution in [1.82, 2.24) is 14.5 Å². The van der Waals surface area contributed by atoms with Crippen molar-refractivity contribution in [3.8, 4) is 17.2 Å². The fourth-order valence-corrected chi connectivity index (χ4v) is 4.92. The highest BCUT2D eigenvalue weighted by Crippen LogP contribution is 2.36. The van der Waals surface area contributed by atoms with Gasteiger partial charge in [0.25, 0.3) is 0 Å². The first-order valence-electron chi connectivity index (χ1n) is 9.81. The number of hydrogen-bond acceptors (Lipinski definition) is 2. The van der Waals surface area contributed by atoms with Crippen molar-refractivity contribution in [3.05, 3.63) is 101 Å². The van der Waals surface area contributed by atoms with Crippen LogP contribution in [0.4, 0.5) is 0 Å². The van der Waals surface area contributed by atoms with Gasteiger partial charge in [0.15, 0.2) is 5.82 Å². The molecule has 0 saturated carbocycles. The van der Waals surface area contributed by atoms with Crippen molar-refractivity contribution < 1.29 is 0 Å². The maximum Gasteiger partial charge on any atom is 0.162 e. The molecule has 0 atom stereocenters. The predicted octanol–water partition coefficient (Wildman–Crippen LogP) is 7.00. The summed E-state index contributed by atoms with van der Waals surface area (Å²) in [5.74, 6) is 1.65. The number of hydrogen-bond donors (Lipinski definition) is 0. The zero-order chi connectivity index (χ0) is 20.1. The summed E-state index contributed by atoms with van der Waals surface area (Å²) < 4.78 is 3.52. The third kappa shape index (κ3) is 2.64. The molecule has 142 valence electrons. The van der Waals surface area contributed by atoms with Gasteiger partial charge in [-0.3, -0.25) is 4.57 Å². The predicted molar refractivity (Wildman–Crippen MR) is 132 cm³/mol. The van der Waals surface area contributed by atoms with Gasteiger partial charge < -0.3 is 0 Å². The standard InChI is InChI=1S/C26H16IN3/c27-20-13-8-16-23-24(20)19-12-5-7-15-22(19)30(23)26-18-11-4-6-14-21(18)28-25(29-26)17-9-2-1-3-10-17/h1-16H. The zero-order valence-corrected chi connectivity index (χ0v) is 18.1. The Labute approximate surface area is 187 Å². The van der Waals surface area contributed by atoms with Crippen LogP contribution in [-0.2, 0) is 0 Å². The summed E-state index contributed by atoms with van der Waals surface area (Å²) in [4.78, 5) is 9.96. The summed E-state index contributed by atoms with van der Waals surface area (Å²) in [7, 11) is 0. The molecular weight excluding hydrogens is 481 g/mol. The minimum atomic E-state index is 0.737. The highest BCUT2D eigenvalue weighted by atomic mass is 127. The van der Waals surface area contributed by atoms with Gasteiger partial charge in [0, 0.05) is 25.3 Å². The molecule has 6 aromatic rings. The molecule has 2 aromatic heterocycles. The van der Waals surface area contributed by atoms with Crippen LogP contribution in [0.15, 0.2) is 97.1 Å².